The molecule has 44 heavy (non-hydrogen) atoms. The number of methoxy groups -OCH3 is 1. The molecule has 2 aliphatic rings. The highest BCUT2D eigenvalue weighted by Crippen LogP contribution is 2.47. The number of hydrogen-bond acceptors (Lipinski definition) is 8. The lowest BCUT2D eigenvalue weighted by molar-refractivity contribution is -0.141. The first-order valence-electron chi connectivity index (χ1n) is 14.3. The van der Waals surface area contributed by atoms with Gasteiger partial charge in [-0.1, -0.05) is 41.6 Å². The fourth-order valence-electron chi connectivity index (χ4n) is 5.90. The number of aliphatic hydroxyl groups is 1. The zero-order valence-corrected chi connectivity index (χ0v) is 24.4. The molecule has 0 spiro atoms. The van der Waals surface area contributed by atoms with Gasteiger partial charge in [0.1, 0.15) is 17.6 Å². The summed E-state index contributed by atoms with van der Waals surface area (Å²) in [5.74, 6) is 1.28. The Morgan fingerprint density at radius 2 is 1.77 bits per heavy atom. The summed E-state index contributed by atoms with van der Waals surface area (Å²) in [7, 11) is 1.35. The standard InChI is InChI=1S/C33H31F3N2O6/c1-32(2,40)16-28-37-31(38-44-28)19-6-4-18(5-7-19)30-24-11-13-26(23(24)10-12-25(30)33(34,35)36)43-21-8-9-22-20(14-29(39)41-3)17-42-27(22)15-21/h4-10,12,15,20,26,40H,11,13-14,16-17H2,1-3H3/t20-,26-/m1/s1. The molecular weight excluding hydrogens is 577 g/mol. The van der Waals surface area contributed by atoms with Gasteiger partial charge in [-0.15, -0.1) is 0 Å². The van der Waals surface area contributed by atoms with E-state index in [2.05, 4.69) is 10.1 Å². The number of nitrogens with zero attached hydrogens (tertiary/aromatic N) is 2. The summed E-state index contributed by atoms with van der Waals surface area (Å²) in [6.07, 6.45) is -3.69. The minimum Gasteiger partial charge on any atom is -0.492 e. The van der Waals surface area contributed by atoms with Gasteiger partial charge in [0.2, 0.25) is 11.7 Å². The van der Waals surface area contributed by atoms with Crippen LogP contribution in [0.5, 0.6) is 11.5 Å². The van der Waals surface area contributed by atoms with Gasteiger partial charge >= 0.3 is 12.1 Å². The second-order valence-electron chi connectivity index (χ2n) is 11.8. The van der Waals surface area contributed by atoms with Crippen molar-refractivity contribution in [2.45, 2.75) is 63.3 Å². The van der Waals surface area contributed by atoms with Crippen molar-refractivity contribution in [2.24, 2.45) is 0 Å². The zero-order valence-electron chi connectivity index (χ0n) is 24.4. The minimum atomic E-state index is -4.56. The van der Waals surface area contributed by atoms with Crippen molar-refractivity contribution in [3.63, 3.8) is 0 Å². The maximum absolute atomic E-state index is 14.3. The van der Waals surface area contributed by atoms with E-state index in [1.54, 1.807) is 50.2 Å². The van der Waals surface area contributed by atoms with E-state index in [1.807, 2.05) is 6.07 Å². The second-order valence-corrected chi connectivity index (χ2v) is 11.8. The van der Waals surface area contributed by atoms with Crippen molar-refractivity contribution in [1.82, 2.24) is 10.1 Å². The van der Waals surface area contributed by atoms with Crippen LogP contribution in [0.1, 0.15) is 66.9 Å². The van der Waals surface area contributed by atoms with Crippen LogP contribution in [0.25, 0.3) is 22.5 Å². The van der Waals surface area contributed by atoms with Crippen molar-refractivity contribution >= 4 is 5.97 Å². The Kier molecular flexibility index (Phi) is 7.61. The number of esters is 1. The monoisotopic (exact) mass is 608 g/mol. The predicted molar refractivity (Wildman–Crippen MR) is 153 cm³/mol. The first-order valence-corrected chi connectivity index (χ1v) is 14.3. The van der Waals surface area contributed by atoms with E-state index in [9.17, 15) is 23.1 Å². The molecule has 0 bridgehead atoms. The lowest BCUT2D eigenvalue weighted by Gasteiger charge is -2.20. The van der Waals surface area contributed by atoms with Gasteiger partial charge in [-0.2, -0.15) is 18.2 Å². The maximum atomic E-state index is 14.3. The summed E-state index contributed by atoms with van der Waals surface area (Å²) in [6.45, 7) is 3.61. The Morgan fingerprint density at radius 1 is 1.05 bits per heavy atom. The third-order valence-electron chi connectivity index (χ3n) is 7.93. The van der Waals surface area contributed by atoms with Gasteiger partial charge in [0, 0.05) is 23.1 Å². The quantitative estimate of drug-likeness (QED) is 0.217. The van der Waals surface area contributed by atoms with E-state index in [1.165, 1.54) is 13.2 Å². The molecule has 230 valence electrons. The number of aromatic nitrogens is 2. The van der Waals surface area contributed by atoms with Gasteiger partial charge in [0.15, 0.2) is 0 Å². The summed E-state index contributed by atoms with van der Waals surface area (Å²) in [6, 6.07) is 14.6. The zero-order chi connectivity index (χ0) is 31.2. The molecule has 1 aromatic heterocycles. The number of hydrogen-bond donors (Lipinski definition) is 1. The summed E-state index contributed by atoms with van der Waals surface area (Å²) >= 11 is 0. The maximum Gasteiger partial charge on any atom is 0.417 e. The molecule has 3 aromatic carbocycles. The SMILES string of the molecule is COC(=O)C[C@@H]1COc2cc(O[C@@H]3CCc4c3ccc(C(F)(F)F)c4-c3ccc(-c4noc(CC(C)(C)O)n4)cc3)ccc21. The molecular formula is C33H31F3N2O6. The number of alkyl halides is 3. The van der Waals surface area contributed by atoms with Gasteiger partial charge in [0.25, 0.3) is 0 Å². The van der Waals surface area contributed by atoms with Crippen molar-refractivity contribution in [3.05, 3.63) is 82.7 Å². The molecule has 4 aromatic rings. The van der Waals surface area contributed by atoms with Gasteiger partial charge in [-0.05, 0) is 61.1 Å². The number of fused-ring (bicyclic) bond motifs is 2. The van der Waals surface area contributed by atoms with Crippen LogP contribution in [0.4, 0.5) is 13.2 Å². The molecule has 0 radical (unpaired) electrons. The number of benzene rings is 3. The number of rotatable bonds is 8. The third-order valence-corrected chi connectivity index (χ3v) is 7.93. The fourth-order valence-corrected chi connectivity index (χ4v) is 5.90. The summed E-state index contributed by atoms with van der Waals surface area (Å²) in [4.78, 5) is 16.1. The van der Waals surface area contributed by atoms with Crippen molar-refractivity contribution in [3.8, 4) is 34.0 Å². The van der Waals surface area contributed by atoms with Crippen molar-refractivity contribution in [2.75, 3.05) is 13.7 Å². The summed E-state index contributed by atoms with van der Waals surface area (Å²) in [5, 5.41) is 14.0. The molecule has 0 saturated carbocycles. The van der Waals surface area contributed by atoms with Crippen LogP contribution in [-0.4, -0.2) is 40.5 Å². The van der Waals surface area contributed by atoms with E-state index < -0.39 is 23.4 Å². The molecule has 0 saturated heterocycles. The lowest BCUT2D eigenvalue weighted by Crippen LogP contribution is -2.21. The molecule has 2 atom stereocenters. The molecule has 0 amide bonds. The Morgan fingerprint density at radius 3 is 2.48 bits per heavy atom. The topological polar surface area (TPSA) is 104 Å². The Bertz CT molecular complexity index is 1690. The molecule has 1 aliphatic carbocycles. The molecule has 8 nitrogen and oxygen atoms in total. The first-order chi connectivity index (χ1) is 20.9. The van der Waals surface area contributed by atoms with E-state index in [-0.39, 0.29) is 42.0 Å². The largest absolute Gasteiger partial charge is 0.492 e. The van der Waals surface area contributed by atoms with Crippen LogP contribution >= 0.6 is 0 Å². The smallest absolute Gasteiger partial charge is 0.417 e. The van der Waals surface area contributed by atoms with Crippen molar-refractivity contribution < 1.29 is 41.8 Å². The Labute approximate surface area is 251 Å². The Balaban J connectivity index is 1.27. The predicted octanol–water partition coefficient (Wildman–Crippen LogP) is 6.84. The average molecular weight is 609 g/mol. The van der Waals surface area contributed by atoms with Crippen LogP contribution in [0.2, 0.25) is 0 Å². The molecule has 0 unspecified atom stereocenters. The molecule has 11 heteroatoms. The first kappa shape index (κ1) is 29.7. The molecule has 2 heterocycles. The highest BCUT2D eigenvalue weighted by atomic mass is 19.4. The van der Waals surface area contributed by atoms with E-state index in [4.69, 9.17) is 18.7 Å². The van der Waals surface area contributed by atoms with Crippen LogP contribution in [0, 0.1) is 0 Å². The van der Waals surface area contributed by atoms with E-state index in [0.29, 0.717) is 53.2 Å². The van der Waals surface area contributed by atoms with Gasteiger partial charge in [-0.3, -0.25) is 4.79 Å². The highest BCUT2D eigenvalue weighted by molar-refractivity contribution is 5.76. The summed E-state index contributed by atoms with van der Waals surface area (Å²) in [5.41, 5.74) is 1.59. The number of carbonyl (C=O) groups excluding carboxylic acids is 1. The second kappa shape index (κ2) is 11.3. The fraction of sp³-hybridized carbons (Fsp3) is 0.364. The van der Waals surface area contributed by atoms with Crippen molar-refractivity contribution in [1.29, 1.82) is 0 Å². The van der Waals surface area contributed by atoms with Gasteiger partial charge in [0.05, 0.1) is 37.7 Å². The highest BCUT2D eigenvalue weighted by Gasteiger charge is 2.38. The third kappa shape index (κ3) is 6.01. The van der Waals surface area contributed by atoms with E-state index >= 15 is 0 Å². The van der Waals surface area contributed by atoms with Crippen LogP contribution < -0.4 is 9.47 Å². The van der Waals surface area contributed by atoms with Gasteiger partial charge in [-0.25, -0.2) is 0 Å². The van der Waals surface area contributed by atoms with Crippen LogP contribution in [-0.2, 0) is 28.5 Å². The number of carbonyl (C=O) groups is 1. The molecule has 0 fully saturated rings. The normalized spacial score (nSPS) is 17.6. The summed E-state index contributed by atoms with van der Waals surface area (Å²) < 4.78 is 64.9. The molecule has 6 rings (SSSR count). The van der Waals surface area contributed by atoms with Crippen LogP contribution in [0.3, 0.4) is 0 Å². The average Bonchev–Trinajstić information content (AvgIpc) is 3.70. The minimum absolute atomic E-state index is 0.108. The lowest BCUT2D eigenvalue weighted by atomic mass is 9.91. The molecule has 1 N–H and O–H groups in total. The number of halogens is 3. The Hall–Kier alpha value is -4.38. The number of ether oxygens (including phenoxy) is 3. The van der Waals surface area contributed by atoms with Crippen LogP contribution in [0.15, 0.2) is 59.1 Å². The molecule has 1 aliphatic heterocycles. The van der Waals surface area contributed by atoms with E-state index in [0.717, 1.165) is 11.6 Å². The van der Waals surface area contributed by atoms with Gasteiger partial charge < -0.3 is 23.8 Å².